The Balaban J connectivity index is 2.72. The normalized spacial score (nSPS) is 18.6. The van der Waals surface area contributed by atoms with E-state index in [1.165, 1.54) is 0 Å². The van der Waals surface area contributed by atoms with Gasteiger partial charge in [0, 0.05) is 39.4 Å². The molecule has 112 valence electrons. The maximum atomic E-state index is 12.8. The lowest BCUT2D eigenvalue weighted by molar-refractivity contribution is -0.147. The Morgan fingerprint density at radius 3 is 2.32 bits per heavy atom. The fourth-order valence-electron chi connectivity index (χ4n) is 2.51. The molecule has 0 saturated carbocycles. The van der Waals surface area contributed by atoms with Crippen molar-refractivity contribution in [3.63, 3.8) is 0 Å². The molecule has 0 aromatic carbocycles. The fraction of sp³-hybridized carbons (Fsp3) is 0.929. The third-order valence-corrected chi connectivity index (χ3v) is 3.89. The SMILES string of the molecule is CCCN(CCN(C)C)C(=O)C1(CN)CCOCC1. The van der Waals surface area contributed by atoms with Gasteiger partial charge in [-0.2, -0.15) is 0 Å². The van der Waals surface area contributed by atoms with Gasteiger partial charge in [-0.3, -0.25) is 4.79 Å². The molecule has 5 heteroatoms. The predicted octanol–water partition coefficient (Wildman–Crippen LogP) is 0.542. The van der Waals surface area contributed by atoms with Crippen LogP contribution in [0.4, 0.5) is 0 Å². The molecular weight excluding hydrogens is 242 g/mol. The maximum absolute atomic E-state index is 12.8. The van der Waals surface area contributed by atoms with Gasteiger partial charge in [0.05, 0.1) is 5.41 Å². The summed E-state index contributed by atoms with van der Waals surface area (Å²) in [6.07, 6.45) is 2.49. The zero-order chi connectivity index (χ0) is 14.3. The van der Waals surface area contributed by atoms with Crippen LogP contribution in [0.15, 0.2) is 0 Å². The number of hydrogen-bond acceptors (Lipinski definition) is 4. The number of carbonyl (C=O) groups excluding carboxylic acids is 1. The second kappa shape index (κ2) is 7.82. The maximum Gasteiger partial charge on any atom is 0.230 e. The summed E-state index contributed by atoms with van der Waals surface area (Å²) in [4.78, 5) is 16.9. The Kier molecular flexibility index (Phi) is 6.75. The van der Waals surface area contributed by atoms with Gasteiger partial charge >= 0.3 is 0 Å². The molecule has 1 aliphatic heterocycles. The van der Waals surface area contributed by atoms with E-state index in [0.29, 0.717) is 19.8 Å². The lowest BCUT2D eigenvalue weighted by atomic mass is 9.79. The summed E-state index contributed by atoms with van der Waals surface area (Å²) in [5.41, 5.74) is 5.53. The highest BCUT2D eigenvalue weighted by molar-refractivity contribution is 5.83. The molecule has 2 N–H and O–H groups in total. The Labute approximate surface area is 117 Å². The number of amides is 1. The number of nitrogens with zero attached hydrogens (tertiary/aromatic N) is 2. The van der Waals surface area contributed by atoms with Crippen LogP contribution in [0.5, 0.6) is 0 Å². The van der Waals surface area contributed by atoms with Crippen molar-refractivity contribution in [1.29, 1.82) is 0 Å². The molecule has 1 rings (SSSR count). The van der Waals surface area contributed by atoms with Gasteiger partial charge in [-0.05, 0) is 33.4 Å². The van der Waals surface area contributed by atoms with Gasteiger partial charge in [0.25, 0.3) is 0 Å². The zero-order valence-corrected chi connectivity index (χ0v) is 12.7. The third-order valence-electron chi connectivity index (χ3n) is 3.89. The molecule has 0 atom stereocenters. The van der Waals surface area contributed by atoms with Crippen LogP contribution in [-0.2, 0) is 9.53 Å². The second-order valence-corrected chi connectivity index (χ2v) is 5.69. The first-order chi connectivity index (χ1) is 9.05. The van der Waals surface area contributed by atoms with Crippen molar-refractivity contribution >= 4 is 5.91 Å². The molecule has 0 aliphatic carbocycles. The van der Waals surface area contributed by atoms with E-state index in [-0.39, 0.29) is 11.3 Å². The quantitative estimate of drug-likeness (QED) is 0.734. The van der Waals surface area contributed by atoms with Gasteiger partial charge in [0.2, 0.25) is 5.91 Å². The van der Waals surface area contributed by atoms with Crippen LogP contribution in [0.25, 0.3) is 0 Å². The Hall–Kier alpha value is -0.650. The summed E-state index contributed by atoms with van der Waals surface area (Å²) in [6.45, 7) is 6.32. The minimum absolute atomic E-state index is 0.224. The summed E-state index contributed by atoms with van der Waals surface area (Å²) in [6, 6.07) is 0. The standard InChI is InChI=1S/C14H29N3O2/c1-4-7-17(9-8-16(2)3)13(18)14(12-15)5-10-19-11-6-14/h4-12,15H2,1-3H3. The molecule has 1 aliphatic rings. The molecular formula is C14H29N3O2. The van der Waals surface area contributed by atoms with Crippen molar-refractivity contribution in [2.45, 2.75) is 26.2 Å². The molecule has 5 nitrogen and oxygen atoms in total. The van der Waals surface area contributed by atoms with Gasteiger partial charge in [0.1, 0.15) is 0 Å². The number of rotatable bonds is 7. The Bertz CT molecular complexity index is 276. The minimum Gasteiger partial charge on any atom is -0.381 e. The average Bonchev–Trinajstić information content (AvgIpc) is 2.43. The molecule has 1 amide bonds. The van der Waals surface area contributed by atoms with Gasteiger partial charge in [0.15, 0.2) is 0 Å². The molecule has 1 fully saturated rings. The summed E-state index contributed by atoms with van der Waals surface area (Å²) in [5.74, 6) is 0.224. The smallest absolute Gasteiger partial charge is 0.230 e. The van der Waals surface area contributed by atoms with Gasteiger partial charge in [-0.15, -0.1) is 0 Å². The lowest BCUT2D eigenvalue weighted by Crippen LogP contribution is -2.52. The molecule has 0 radical (unpaired) electrons. The highest BCUT2D eigenvalue weighted by Crippen LogP contribution is 2.31. The molecule has 0 aromatic heterocycles. The van der Waals surface area contributed by atoms with E-state index in [1.807, 2.05) is 19.0 Å². The van der Waals surface area contributed by atoms with E-state index < -0.39 is 0 Å². The van der Waals surface area contributed by atoms with E-state index in [1.54, 1.807) is 0 Å². The highest BCUT2D eigenvalue weighted by atomic mass is 16.5. The number of nitrogens with two attached hydrogens (primary N) is 1. The first kappa shape index (κ1) is 16.4. The van der Waals surface area contributed by atoms with Crippen LogP contribution < -0.4 is 5.73 Å². The number of ether oxygens (including phenoxy) is 1. The van der Waals surface area contributed by atoms with Crippen molar-refractivity contribution in [3.8, 4) is 0 Å². The number of carbonyl (C=O) groups is 1. The number of hydrogen-bond donors (Lipinski definition) is 1. The van der Waals surface area contributed by atoms with Crippen LogP contribution in [0.2, 0.25) is 0 Å². The predicted molar refractivity (Wildman–Crippen MR) is 77.0 cm³/mol. The van der Waals surface area contributed by atoms with E-state index >= 15 is 0 Å². The molecule has 0 bridgehead atoms. The Morgan fingerprint density at radius 2 is 1.84 bits per heavy atom. The molecule has 1 heterocycles. The molecule has 0 aromatic rings. The largest absolute Gasteiger partial charge is 0.381 e. The second-order valence-electron chi connectivity index (χ2n) is 5.69. The first-order valence-corrected chi connectivity index (χ1v) is 7.27. The molecule has 0 spiro atoms. The van der Waals surface area contributed by atoms with Crippen LogP contribution in [0.3, 0.4) is 0 Å². The van der Waals surface area contributed by atoms with E-state index in [4.69, 9.17) is 10.5 Å². The highest BCUT2D eigenvalue weighted by Gasteiger charge is 2.41. The summed E-state index contributed by atoms with van der Waals surface area (Å²) < 4.78 is 5.38. The monoisotopic (exact) mass is 271 g/mol. The summed E-state index contributed by atoms with van der Waals surface area (Å²) in [5, 5.41) is 0. The molecule has 1 saturated heterocycles. The summed E-state index contributed by atoms with van der Waals surface area (Å²) >= 11 is 0. The minimum atomic E-state index is -0.389. The lowest BCUT2D eigenvalue weighted by Gasteiger charge is -2.39. The fourth-order valence-corrected chi connectivity index (χ4v) is 2.51. The van der Waals surface area contributed by atoms with Crippen LogP contribution in [-0.4, -0.2) is 69.2 Å². The van der Waals surface area contributed by atoms with Gasteiger partial charge in [-0.1, -0.05) is 6.92 Å². The van der Waals surface area contributed by atoms with E-state index in [9.17, 15) is 4.79 Å². The van der Waals surface area contributed by atoms with Crippen molar-refractivity contribution < 1.29 is 9.53 Å². The van der Waals surface area contributed by atoms with Crippen molar-refractivity contribution in [1.82, 2.24) is 9.80 Å². The van der Waals surface area contributed by atoms with Gasteiger partial charge in [-0.25, -0.2) is 0 Å². The summed E-state index contributed by atoms with van der Waals surface area (Å²) in [7, 11) is 4.06. The van der Waals surface area contributed by atoms with Crippen LogP contribution >= 0.6 is 0 Å². The Morgan fingerprint density at radius 1 is 1.21 bits per heavy atom. The zero-order valence-electron chi connectivity index (χ0n) is 12.7. The first-order valence-electron chi connectivity index (χ1n) is 7.27. The van der Waals surface area contributed by atoms with Crippen molar-refractivity contribution in [3.05, 3.63) is 0 Å². The average molecular weight is 271 g/mol. The third kappa shape index (κ3) is 4.44. The topological polar surface area (TPSA) is 58.8 Å². The van der Waals surface area contributed by atoms with Crippen molar-refractivity contribution in [2.24, 2.45) is 11.1 Å². The van der Waals surface area contributed by atoms with E-state index in [0.717, 1.165) is 38.9 Å². The van der Waals surface area contributed by atoms with Crippen LogP contribution in [0.1, 0.15) is 26.2 Å². The molecule has 0 unspecified atom stereocenters. The molecule has 19 heavy (non-hydrogen) atoms. The van der Waals surface area contributed by atoms with E-state index in [2.05, 4.69) is 11.8 Å². The number of likely N-dealkylation sites (N-methyl/N-ethyl adjacent to an activating group) is 1. The van der Waals surface area contributed by atoms with Gasteiger partial charge < -0.3 is 20.3 Å². The van der Waals surface area contributed by atoms with Crippen molar-refractivity contribution in [2.75, 3.05) is 53.5 Å². The van der Waals surface area contributed by atoms with Crippen LogP contribution in [0, 0.1) is 5.41 Å².